The lowest BCUT2D eigenvalue weighted by Crippen LogP contribution is -2.22. The Labute approximate surface area is 118 Å². The second-order valence-electron chi connectivity index (χ2n) is 3.64. The molecule has 0 atom stereocenters. The Bertz CT molecular complexity index is 698. The zero-order valence-electron chi connectivity index (χ0n) is 9.76. The van der Waals surface area contributed by atoms with Crippen molar-refractivity contribution in [3.63, 3.8) is 0 Å². The van der Waals surface area contributed by atoms with E-state index in [4.69, 9.17) is 27.9 Å². The number of ether oxygens (including phenoxy) is 1. The highest BCUT2D eigenvalue weighted by Gasteiger charge is 2.13. The van der Waals surface area contributed by atoms with Crippen molar-refractivity contribution in [2.24, 2.45) is 7.05 Å². The molecule has 0 N–H and O–H groups in total. The SMILES string of the molecule is Cn1nc(C(=O)Oc2ccc(Cl)cc2Cl)ccc1=O. The van der Waals surface area contributed by atoms with Crippen molar-refractivity contribution in [2.45, 2.75) is 0 Å². The molecule has 1 aromatic carbocycles. The van der Waals surface area contributed by atoms with Gasteiger partial charge in [0.1, 0.15) is 5.75 Å². The van der Waals surface area contributed by atoms with Crippen molar-refractivity contribution in [3.05, 3.63) is 56.4 Å². The maximum atomic E-state index is 11.8. The molecule has 0 radical (unpaired) electrons. The van der Waals surface area contributed by atoms with E-state index in [1.807, 2.05) is 0 Å². The summed E-state index contributed by atoms with van der Waals surface area (Å²) in [5.41, 5.74) is -0.311. The van der Waals surface area contributed by atoms with Gasteiger partial charge in [0.15, 0.2) is 5.69 Å². The van der Waals surface area contributed by atoms with Gasteiger partial charge in [-0.05, 0) is 24.3 Å². The average molecular weight is 299 g/mol. The fraction of sp³-hybridized carbons (Fsp3) is 0.0833. The molecule has 0 unspecified atom stereocenters. The van der Waals surface area contributed by atoms with Crippen LogP contribution in [-0.4, -0.2) is 15.7 Å². The molecule has 19 heavy (non-hydrogen) atoms. The van der Waals surface area contributed by atoms with Crippen LogP contribution in [-0.2, 0) is 7.05 Å². The molecular weight excluding hydrogens is 291 g/mol. The normalized spacial score (nSPS) is 10.3. The second kappa shape index (κ2) is 5.42. The lowest BCUT2D eigenvalue weighted by Gasteiger charge is -2.06. The van der Waals surface area contributed by atoms with Gasteiger partial charge in [-0.3, -0.25) is 4.79 Å². The molecule has 5 nitrogen and oxygen atoms in total. The maximum absolute atomic E-state index is 11.8. The summed E-state index contributed by atoms with van der Waals surface area (Å²) in [6, 6.07) is 7.00. The molecule has 1 aromatic heterocycles. The molecule has 7 heteroatoms. The molecule has 98 valence electrons. The summed E-state index contributed by atoms with van der Waals surface area (Å²) in [4.78, 5) is 23.0. The minimum Gasteiger partial charge on any atom is -0.420 e. The van der Waals surface area contributed by atoms with Gasteiger partial charge in [-0.15, -0.1) is 0 Å². The summed E-state index contributed by atoms with van der Waals surface area (Å²) in [5.74, 6) is -0.536. The number of hydrogen-bond acceptors (Lipinski definition) is 4. The predicted molar refractivity (Wildman–Crippen MR) is 70.9 cm³/mol. The molecule has 0 amide bonds. The fourth-order valence-corrected chi connectivity index (χ4v) is 1.77. The first kappa shape index (κ1) is 13.6. The van der Waals surface area contributed by atoms with Crippen LogP contribution in [0.1, 0.15) is 10.5 Å². The van der Waals surface area contributed by atoms with E-state index in [9.17, 15) is 9.59 Å². The Morgan fingerprint density at radius 2 is 2.00 bits per heavy atom. The van der Waals surface area contributed by atoms with Gasteiger partial charge in [-0.25, -0.2) is 9.48 Å². The van der Waals surface area contributed by atoms with Gasteiger partial charge in [-0.2, -0.15) is 5.10 Å². The summed E-state index contributed by atoms with van der Waals surface area (Å²) in [6.45, 7) is 0. The Kier molecular flexibility index (Phi) is 3.87. The van der Waals surface area contributed by atoms with E-state index < -0.39 is 5.97 Å². The lowest BCUT2D eigenvalue weighted by atomic mass is 10.3. The van der Waals surface area contributed by atoms with E-state index in [1.54, 1.807) is 6.07 Å². The van der Waals surface area contributed by atoms with Crippen LogP contribution >= 0.6 is 23.2 Å². The van der Waals surface area contributed by atoms with Gasteiger partial charge in [0.2, 0.25) is 0 Å². The van der Waals surface area contributed by atoms with Gasteiger partial charge in [0.25, 0.3) is 5.56 Å². The van der Waals surface area contributed by atoms with E-state index in [2.05, 4.69) is 5.10 Å². The van der Waals surface area contributed by atoms with Crippen LogP contribution in [0, 0.1) is 0 Å². The third-order valence-corrected chi connectivity index (χ3v) is 2.80. The summed E-state index contributed by atoms with van der Waals surface area (Å²) in [5, 5.41) is 4.43. The third kappa shape index (κ3) is 3.13. The third-order valence-electron chi connectivity index (χ3n) is 2.27. The molecule has 0 saturated heterocycles. The predicted octanol–water partition coefficient (Wildman–Crippen LogP) is 2.31. The van der Waals surface area contributed by atoms with Crippen LogP contribution in [0.4, 0.5) is 0 Å². The van der Waals surface area contributed by atoms with E-state index in [1.165, 1.54) is 31.3 Å². The molecule has 0 aliphatic carbocycles. The second-order valence-corrected chi connectivity index (χ2v) is 4.49. The Balaban J connectivity index is 2.25. The Morgan fingerprint density at radius 1 is 1.26 bits per heavy atom. The summed E-state index contributed by atoms with van der Waals surface area (Å²) >= 11 is 11.6. The van der Waals surface area contributed by atoms with Crippen LogP contribution in [0.5, 0.6) is 5.75 Å². The standard InChI is InChI=1S/C12H8Cl2N2O3/c1-16-11(17)5-3-9(15-16)12(18)19-10-4-2-7(13)6-8(10)14/h2-6H,1H3. The smallest absolute Gasteiger partial charge is 0.364 e. The first-order chi connectivity index (χ1) is 8.97. The van der Waals surface area contributed by atoms with Gasteiger partial charge < -0.3 is 4.74 Å². The number of hydrogen-bond donors (Lipinski definition) is 0. The van der Waals surface area contributed by atoms with Gasteiger partial charge in [-0.1, -0.05) is 23.2 Å². The van der Waals surface area contributed by atoms with Crippen molar-refractivity contribution in [1.82, 2.24) is 9.78 Å². The zero-order valence-corrected chi connectivity index (χ0v) is 11.3. The first-order valence-electron chi connectivity index (χ1n) is 5.19. The zero-order chi connectivity index (χ0) is 14.0. The molecule has 1 heterocycles. The van der Waals surface area contributed by atoms with E-state index >= 15 is 0 Å². The topological polar surface area (TPSA) is 61.2 Å². The number of benzene rings is 1. The highest BCUT2D eigenvalue weighted by molar-refractivity contribution is 6.35. The van der Waals surface area contributed by atoms with Crippen LogP contribution < -0.4 is 10.3 Å². The minimum absolute atomic E-state index is 0.00752. The fourth-order valence-electron chi connectivity index (χ4n) is 1.32. The molecule has 0 fully saturated rings. The van der Waals surface area contributed by atoms with Gasteiger partial charge >= 0.3 is 5.97 Å². The number of halogens is 2. The van der Waals surface area contributed by atoms with Crippen molar-refractivity contribution in [2.75, 3.05) is 0 Å². The van der Waals surface area contributed by atoms with Crippen molar-refractivity contribution in [3.8, 4) is 5.75 Å². The molecule has 2 aromatic rings. The number of rotatable bonds is 2. The molecular formula is C12H8Cl2N2O3. The molecule has 0 spiro atoms. The monoisotopic (exact) mass is 298 g/mol. The van der Waals surface area contributed by atoms with Crippen LogP contribution in [0.15, 0.2) is 35.1 Å². The lowest BCUT2D eigenvalue weighted by molar-refractivity contribution is 0.0726. The van der Waals surface area contributed by atoms with Crippen molar-refractivity contribution < 1.29 is 9.53 Å². The number of aryl methyl sites for hydroxylation is 1. The largest absolute Gasteiger partial charge is 0.420 e. The highest BCUT2D eigenvalue weighted by atomic mass is 35.5. The number of carbonyl (C=O) groups is 1. The molecule has 0 aliphatic heterocycles. The van der Waals surface area contributed by atoms with Gasteiger partial charge in [0.05, 0.1) is 5.02 Å². The molecule has 2 rings (SSSR count). The van der Waals surface area contributed by atoms with Crippen LogP contribution in [0.25, 0.3) is 0 Å². The van der Waals surface area contributed by atoms with Crippen LogP contribution in [0.2, 0.25) is 10.0 Å². The minimum atomic E-state index is -0.708. The quantitative estimate of drug-likeness (QED) is 0.630. The Hall–Kier alpha value is -1.85. The number of esters is 1. The molecule has 0 saturated carbocycles. The molecule has 0 aliphatic rings. The maximum Gasteiger partial charge on any atom is 0.364 e. The number of nitrogens with zero attached hydrogens (tertiary/aromatic N) is 2. The summed E-state index contributed by atoms with van der Waals surface area (Å²) < 4.78 is 6.12. The van der Waals surface area contributed by atoms with E-state index in [0.717, 1.165) is 4.68 Å². The van der Waals surface area contributed by atoms with Crippen molar-refractivity contribution >= 4 is 29.2 Å². The summed E-state index contributed by atoms with van der Waals surface area (Å²) in [7, 11) is 1.44. The van der Waals surface area contributed by atoms with E-state index in [-0.39, 0.29) is 22.0 Å². The highest BCUT2D eigenvalue weighted by Crippen LogP contribution is 2.27. The summed E-state index contributed by atoms with van der Waals surface area (Å²) in [6.07, 6.45) is 0. The van der Waals surface area contributed by atoms with Crippen LogP contribution in [0.3, 0.4) is 0 Å². The number of carbonyl (C=O) groups excluding carboxylic acids is 1. The molecule has 0 bridgehead atoms. The number of aromatic nitrogens is 2. The average Bonchev–Trinajstić information content (AvgIpc) is 2.36. The Morgan fingerprint density at radius 3 is 2.63 bits per heavy atom. The van der Waals surface area contributed by atoms with Gasteiger partial charge in [0, 0.05) is 18.1 Å². The van der Waals surface area contributed by atoms with E-state index in [0.29, 0.717) is 5.02 Å². The van der Waals surface area contributed by atoms with Crippen molar-refractivity contribution in [1.29, 1.82) is 0 Å². The first-order valence-corrected chi connectivity index (χ1v) is 5.94.